The van der Waals surface area contributed by atoms with Gasteiger partial charge in [0.25, 0.3) is 0 Å². The van der Waals surface area contributed by atoms with E-state index in [1.54, 1.807) is 36.4 Å². The normalized spacial score (nSPS) is 10.2. The summed E-state index contributed by atoms with van der Waals surface area (Å²) in [6.07, 6.45) is 0. The second-order valence-electron chi connectivity index (χ2n) is 4.01. The number of rotatable bonds is 3. The lowest BCUT2D eigenvalue weighted by molar-refractivity contribution is 0.606. The first-order chi connectivity index (χ1) is 9.56. The largest absolute Gasteiger partial charge is 0.358 e. The minimum atomic E-state index is -0.362. The van der Waals surface area contributed by atoms with Crippen LogP contribution in [0.15, 0.2) is 42.5 Å². The molecule has 0 unspecified atom stereocenters. The molecule has 0 aliphatic carbocycles. The van der Waals surface area contributed by atoms with Crippen molar-refractivity contribution in [2.24, 2.45) is 0 Å². The molecule has 2 aromatic carbocycles. The molecule has 0 bridgehead atoms. The van der Waals surface area contributed by atoms with E-state index in [-0.39, 0.29) is 12.4 Å². The summed E-state index contributed by atoms with van der Waals surface area (Å²) in [5.41, 5.74) is 1.18. The zero-order valence-electron chi connectivity index (χ0n) is 10.3. The maximum Gasteiger partial charge on any atom is 0.171 e. The second kappa shape index (κ2) is 6.88. The van der Waals surface area contributed by atoms with E-state index in [9.17, 15) is 4.39 Å². The minimum Gasteiger partial charge on any atom is -0.358 e. The summed E-state index contributed by atoms with van der Waals surface area (Å²) in [5, 5.41) is 7.28. The molecular weight excluding hydrogens is 318 g/mol. The summed E-state index contributed by atoms with van der Waals surface area (Å²) >= 11 is 16.9. The van der Waals surface area contributed by atoms with Crippen LogP contribution in [-0.2, 0) is 6.54 Å². The smallest absolute Gasteiger partial charge is 0.171 e. The lowest BCUT2D eigenvalue weighted by Gasteiger charge is -2.12. The molecule has 6 heteroatoms. The number of nitrogens with one attached hydrogen (secondary N) is 2. The Kier molecular flexibility index (Phi) is 5.17. The van der Waals surface area contributed by atoms with Gasteiger partial charge >= 0.3 is 0 Å². The SMILES string of the molecule is Fc1cccc(Cl)c1CNC(=S)Nc1ccc(Cl)cc1. The minimum absolute atomic E-state index is 0.213. The van der Waals surface area contributed by atoms with E-state index in [0.717, 1.165) is 5.69 Å². The Balaban J connectivity index is 1.94. The van der Waals surface area contributed by atoms with E-state index in [2.05, 4.69) is 10.6 Å². The highest BCUT2D eigenvalue weighted by Gasteiger charge is 2.07. The third-order valence-electron chi connectivity index (χ3n) is 2.59. The Hall–Kier alpha value is -1.36. The van der Waals surface area contributed by atoms with Gasteiger partial charge in [0.1, 0.15) is 5.82 Å². The van der Waals surface area contributed by atoms with Gasteiger partial charge in [0, 0.05) is 27.8 Å². The molecule has 0 fully saturated rings. The Bertz CT molecular complexity index is 597. The fourth-order valence-electron chi connectivity index (χ4n) is 1.58. The van der Waals surface area contributed by atoms with Crippen LogP contribution in [0.1, 0.15) is 5.56 Å². The quantitative estimate of drug-likeness (QED) is 0.804. The van der Waals surface area contributed by atoms with Crippen molar-refractivity contribution < 1.29 is 4.39 Å². The summed E-state index contributed by atoms with van der Waals surface area (Å²) in [6, 6.07) is 11.7. The van der Waals surface area contributed by atoms with Crippen LogP contribution < -0.4 is 10.6 Å². The maximum absolute atomic E-state index is 13.6. The van der Waals surface area contributed by atoms with Crippen LogP contribution in [0.3, 0.4) is 0 Å². The van der Waals surface area contributed by atoms with Gasteiger partial charge in [-0.1, -0.05) is 29.3 Å². The highest BCUT2D eigenvalue weighted by molar-refractivity contribution is 7.80. The zero-order chi connectivity index (χ0) is 14.5. The number of hydrogen-bond acceptors (Lipinski definition) is 1. The van der Waals surface area contributed by atoms with Gasteiger partial charge in [-0.3, -0.25) is 0 Å². The molecule has 0 aromatic heterocycles. The van der Waals surface area contributed by atoms with E-state index in [1.807, 2.05) is 0 Å². The molecule has 2 nitrogen and oxygen atoms in total. The van der Waals surface area contributed by atoms with Crippen molar-refractivity contribution in [2.45, 2.75) is 6.54 Å². The molecule has 0 atom stereocenters. The second-order valence-corrected chi connectivity index (χ2v) is 5.27. The number of thiocarbonyl (C=S) groups is 1. The van der Waals surface area contributed by atoms with Gasteiger partial charge in [0.15, 0.2) is 5.11 Å². The topological polar surface area (TPSA) is 24.1 Å². The summed E-state index contributed by atoms with van der Waals surface area (Å²) < 4.78 is 13.6. The Labute approximate surface area is 131 Å². The molecule has 2 aromatic rings. The molecule has 0 radical (unpaired) electrons. The van der Waals surface area contributed by atoms with Crippen LogP contribution in [0.4, 0.5) is 10.1 Å². The van der Waals surface area contributed by atoms with Crippen LogP contribution in [-0.4, -0.2) is 5.11 Å². The van der Waals surface area contributed by atoms with Crippen molar-refractivity contribution in [1.29, 1.82) is 0 Å². The van der Waals surface area contributed by atoms with E-state index < -0.39 is 0 Å². The Morgan fingerprint density at radius 3 is 2.45 bits per heavy atom. The zero-order valence-corrected chi connectivity index (χ0v) is 12.6. The van der Waals surface area contributed by atoms with Crippen molar-refractivity contribution in [3.63, 3.8) is 0 Å². The van der Waals surface area contributed by atoms with Crippen molar-refractivity contribution in [1.82, 2.24) is 5.32 Å². The molecule has 0 saturated heterocycles. The standard InChI is InChI=1S/C14H11Cl2FN2S/c15-9-4-6-10(7-5-9)19-14(20)18-8-11-12(16)2-1-3-13(11)17/h1-7H,8H2,(H2,18,19,20). The predicted molar refractivity (Wildman–Crippen MR) is 85.9 cm³/mol. The van der Waals surface area contributed by atoms with Crippen molar-refractivity contribution in [3.05, 3.63) is 63.9 Å². The molecule has 20 heavy (non-hydrogen) atoms. The first-order valence-corrected chi connectivity index (χ1v) is 6.96. The van der Waals surface area contributed by atoms with Crippen LogP contribution >= 0.6 is 35.4 Å². The van der Waals surface area contributed by atoms with E-state index in [4.69, 9.17) is 35.4 Å². The van der Waals surface area contributed by atoms with Gasteiger partial charge in [-0.25, -0.2) is 4.39 Å². The molecule has 2 rings (SSSR count). The first-order valence-electron chi connectivity index (χ1n) is 5.79. The first kappa shape index (κ1) is 15.0. The Morgan fingerprint density at radius 1 is 1.10 bits per heavy atom. The molecule has 0 amide bonds. The van der Waals surface area contributed by atoms with Gasteiger partial charge in [-0.15, -0.1) is 0 Å². The molecule has 0 heterocycles. The highest BCUT2D eigenvalue weighted by atomic mass is 35.5. The lowest BCUT2D eigenvalue weighted by Crippen LogP contribution is -2.28. The highest BCUT2D eigenvalue weighted by Crippen LogP contribution is 2.18. The summed E-state index contributed by atoms with van der Waals surface area (Å²) in [7, 11) is 0. The van der Waals surface area contributed by atoms with Crippen LogP contribution in [0.5, 0.6) is 0 Å². The Morgan fingerprint density at radius 2 is 1.80 bits per heavy atom. The predicted octanol–water partition coefficient (Wildman–Crippen LogP) is 4.62. The lowest BCUT2D eigenvalue weighted by atomic mass is 10.2. The molecular formula is C14H11Cl2FN2S. The number of anilines is 1. The number of hydrogen-bond donors (Lipinski definition) is 2. The van der Waals surface area contributed by atoms with Crippen molar-refractivity contribution in [3.8, 4) is 0 Å². The average Bonchev–Trinajstić information content (AvgIpc) is 2.41. The number of halogens is 3. The average molecular weight is 329 g/mol. The van der Waals surface area contributed by atoms with E-state index in [1.165, 1.54) is 6.07 Å². The van der Waals surface area contributed by atoms with E-state index >= 15 is 0 Å². The molecule has 0 saturated carbocycles. The van der Waals surface area contributed by atoms with Gasteiger partial charge in [0.2, 0.25) is 0 Å². The monoisotopic (exact) mass is 328 g/mol. The number of benzene rings is 2. The third kappa shape index (κ3) is 4.07. The third-order valence-corrected chi connectivity index (χ3v) is 3.44. The molecule has 0 spiro atoms. The fraction of sp³-hybridized carbons (Fsp3) is 0.0714. The van der Waals surface area contributed by atoms with Crippen LogP contribution in [0.25, 0.3) is 0 Å². The maximum atomic E-state index is 13.6. The van der Waals surface area contributed by atoms with Gasteiger partial charge in [-0.05, 0) is 48.6 Å². The summed E-state index contributed by atoms with van der Waals surface area (Å²) in [4.78, 5) is 0. The van der Waals surface area contributed by atoms with Gasteiger partial charge < -0.3 is 10.6 Å². The van der Waals surface area contributed by atoms with Crippen LogP contribution in [0.2, 0.25) is 10.0 Å². The van der Waals surface area contributed by atoms with Gasteiger partial charge in [-0.2, -0.15) is 0 Å². The summed E-state index contributed by atoms with van der Waals surface area (Å²) in [5.74, 6) is -0.362. The van der Waals surface area contributed by atoms with E-state index in [0.29, 0.717) is 20.7 Å². The molecule has 2 N–H and O–H groups in total. The van der Waals surface area contributed by atoms with Crippen molar-refractivity contribution >= 4 is 46.2 Å². The van der Waals surface area contributed by atoms with Crippen LogP contribution in [0, 0.1) is 5.82 Å². The summed E-state index contributed by atoms with van der Waals surface area (Å²) in [6.45, 7) is 0.213. The molecule has 0 aliphatic rings. The van der Waals surface area contributed by atoms with Gasteiger partial charge in [0.05, 0.1) is 0 Å². The fourth-order valence-corrected chi connectivity index (χ4v) is 2.12. The van der Waals surface area contributed by atoms with Crippen molar-refractivity contribution in [2.75, 3.05) is 5.32 Å². The molecule has 0 aliphatic heterocycles. The molecule has 104 valence electrons.